The minimum Gasteiger partial charge on any atom is -0.399 e. The Kier molecular flexibility index (Phi) is 2.02. The summed E-state index contributed by atoms with van der Waals surface area (Å²) in [6.07, 6.45) is 2.17. The van der Waals surface area contributed by atoms with Gasteiger partial charge >= 0.3 is 0 Å². The van der Waals surface area contributed by atoms with Crippen LogP contribution in [0.25, 0.3) is 0 Å². The van der Waals surface area contributed by atoms with Gasteiger partial charge in [-0.2, -0.15) is 0 Å². The van der Waals surface area contributed by atoms with Crippen LogP contribution in [0, 0.1) is 0 Å². The molecule has 2 bridgehead atoms. The second kappa shape index (κ2) is 3.16. The molecule has 3 heteroatoms. The standard InChI is InChI=1S/C12H11Cl2N/c13-12(14)11-4-6-3-9(11)10-5-7(15)1-2-8(6)10/h1-2,5-6,9H,3-4,15H2. The molecule has 15 heavy (non-hydrogen) atoms. The molecule has 0 radical (unpaired) electrons. The molecular weight excluding hydrogens is 229 g/mol. The Morgan fingerprint density at radius 1 is 1.27 bits per heavy atom. The molecule has 1 aromatic carbocycles. The largest absolute Gasteiger partial charge is 0.399 e. The lowest BCUT2D eigenvalue weighted by Crippen LogP contribution is -2.02. The average molecular weight is 240 g/mol. The molecule has 0 aromatic heterocycles. The van der Waals surface area contributed by atoms with E-state index in [9.17, 15) is 0 Å². The van der Waals surface area contributed by atoms with Crippen molar-refractivity contribution in [2.45, 2.75) is 24.7 Å². The predicted octanol–water partition coefficient (Wildman–Crippen LogP) is 3.93. The van der Waals surface area contributed by atoms with Crippen molar-refractivity contribution in [1.29, 1.82) is 0 Å². The molecule has 1 saturated carbocycles. The van der Waals surface area contributed by atoms with E-state index >= 15 is 0 Å². The summed E-state index contributed by atoms with van der Waals surface area (Å²) in [6.45, 7) is 0. The van der Waals surface area contributed by atoms with E-state index in [1.807, 2.05) is 6.07 Å². The van der Waals surface area contributed by atoms with E-state index in [2.05, 4.69) is 12.1 Å². The molecule has 0 aliphatic heterocycles. The fraction of sp³-hybridized carbons (Fsp3) is 0.333. The highest BCUT2D eigenvalue weighted by molar-refractivity contribution is 6.56. The van der Waals surface area contributed by atoms with Gasteiger partial charge in [0.1, 0.15) is 4.49 Å². The van der Waals surface area contributed by atoms with Gasteiger partial charge in [0, 0.05) is 11.6 Å². The third kappa shape index (κ3) is 1.30. The average Bonchev–Trinajstić information content (AvgIpc) is 2.74. The van der Waals surface area contributed by atoms with E-state index in [0.717, 1.165) is 18.5 Å². The molecule has 0 spiro atoms. The second-order valence-electron chi connectivity index (χ2n) is 4.36. The monoisotopic (exact) mass is 239 g/mol. The summed E-state index contributed by atoms with van der Waals surface area (Å²) in [5.41, 5.74) is 10.6. The zero-order chi connectivity index (χ0) is 10.6. The first kappa shape index (κ1) is 9.56. The summed E-state index contributed by atoms with van der Waals surface area (Å²) < 4.78 is 0.454. The lowest BCUT2D eigenvalue weighted by molar-refractivity contribution is 0.757. The highest BCUT2D eigenvalue weighted by Crippen LogP contribution is 2.57. The molecular formula is C12H11Cl2N. The summed E-state index contributed by atoms with van der Waals surface area (Å²) in [6, 6.07) is 6.19. The lowest BCUT2D eigenvalue weighted by atomic mass is 9.88. The van der Waals surface area contributed by atoms with Crippen LogP contribution < -0.4 is 5.73 Å². The van der Waals surface area contributed by atoms with E-state index in [0.29, 0.717) is 16.3 Å². The number of halogens is 2. The fourth-order valence-corrected chi connectivity index (χ4v) is 3.36. The van der Waals surface area contributed by atoms with Crippen LogP contribution in [0.15, 0.2) is 28.3 Å². The van der Waals surface area contributed by atoms with Gasteiger partial charge in [0.25, 0.3) is 0 Å². The Bertz CT molecular complexity index is 461. The topological polar surface area (TPSA) is 26.0 Å². The number of hydrogen-bond donors (Lipinski definition) is 1. The molecule has 1 fully saturated rings. The minimum absolute atomic E-state index is 0.415. The summed E-state index contributed by atoms with van der Waals surface area (Å²) >= 11 is 11.8. The van der Waals surface area contributed by atoms with Crippen LogP contribution in [-0.4, -0.2) is 0 Å². The molecule has 2 aliphatic rings. The van der Waals surface area contributed by atoms with Gasteiger partial charge in [-0.1, -0.05) is 29.3 Å². The van der Waals surface area contributed by atoms with Gasteiger partial charge in [-0.05, 0) is 47.6 Å². The Morgan fingerprint density at radius 3 is 2.80 bits per heavy atom. The van der Waals surface area contributed by atoms with Crippen molar-refractivity contribution in [1.82, 2.24) is 0 Å². The quantitative estimate of drug-likeness (QED) is 0.683. The van der Waals surface area contributed by atoms with Gasteiger partial charge < -0.3 is 5.73 Å². The predicted molar refractivity (Wildman–Crippen MR) is 64.3 cm³/mol. The minimum atomic E-state index is 0.415. The fourth-order valence-electron chi connectivity index (χ4n) is 2.95. The number of allylic oxidation sites excluding steroid dienone is 1. The van der Waals surface area contributed by atoms with E-state index in [4.69, 9.17) is 28.9 Å². The Hall–Kier alpha value is -0.660. The van der Waals surface area contributed by atoms with Crippen LogP contribution in [0.3, 0.4) is 0 Å². The van der Waals surface area contributed by atoms with Crippen LogP contribution in [-0.2, 0) is 0 Å². The van der Waals surface area contributed by atoms with Crippen LogP contribution in [0.4, 0.5) is 5.69 Å². The van der Waals surface area contributed by atoms with Gasteiger partial charge in [-0.15, -0.1) is 0 Å². The van der Waals surface area contributed by atoms with Gasteiger partial charge in [0.05, 0.1) is 0 Å². The Labute approximate surface area is 98.9 Å². The Morgan fingerprint density at radius 2 is 2.07 bits per heavy atom. The van der Waals surface area contributed by atoms with Crippen LogP contribution in [0.1, 0.15) is 35.8 Å². The highest BCUT2D eigenvalue weighted by Gasteiger charge is 2.41. The first-order valence-electron chi connectivity index (χ1n) is 5.10. The maximum Gasteiger partial charge on any atom is 0.106 e. The molecule has 2 N–H and O–H groups in total. The molecule has 2 atom stereocenters. The van der Waals surface area contributed by atoms with Crippen LogP contribution in [0.2, 0.25) is 0 Å². The number of rotatable bonds is 0. The van der Waals surface area contributed by atoms with Crippen molar-refractivity contribution in [2.75, 3.05) is 5.73 Å². The number of nitrogens with two attached hydrogens (primary N) is 1. The molecule has 0 saturated heterocycles. The molecule has 2 aliphatic carbocycles. The zero-order valence-electron chi connectivity index (χ0n) is 8.13. The van der Waals surface area contributed by atoms with Crippen LogP contribution in [0.5, 0.6) is 0 Å². The first-order valence-corrected chi connectivity index (χ1v) is 5.85. The SMILES string of the molecule is Nc1ccc2c(c1)C1CC2CC1=C(Cl)Cl. The second-order valence-corrected chi connectivity index (χ2v) is 5.31. The third-order valence-electron chi connectivity index (χ3n) is 3.58. The lowest BCUT2D eigenvalue weighted by Gasteiger charge is -2.18. The summed E-state index contributed by atoms with van der Waals surface area (Å²) in [5.74, 6) is 1.02. The maximum absolute atomic E-state index is 5.90. The van der Waals surface area contributed by atoms with Gasteiger partial charge in [-0.25, -0.2) is 0 Å². The van der Waals surface area contributed by atoms with Crippen molar-refractivity contribution in [3.05, 3.63) is 39.4 Å². The van der Waals surface area contributed by atoms with Crippen molar-refractivity contribution >= 4 is 28.9 Å². The molecule has 3 rings (SSSR count). The molecule has 1 aromatic rings. The van der Waals surface area contributed by atoms with Gasteiger partial charge in [0.15, 0.2) is 0 Å². The van der Waals surface area contributed by atoms with E-state index in [1.54, 1.807) is 0 Å². The van der Waals surface area contributed by atoms with Gasteiger partial charge in [-0.3, -0.25) is 0 Å². The summed E-state index contributed by atoms with van der Waals surface area (Å²) in [4.78, 5) is 0. The molecule has 0 heterocycles. The van der Waals surface area contributed by atoms with Crippen molar-refractivity contribution in [3.63, 3.8) is 0 Å². The molecule has 1 nitrogen and oxygen atoms in total. The van der Waals surface area contributed by atoms with Crippen LogP contribution >= 0.6 is 23.2 Å². The number of nitrogen functional groups attached to an aromatic ring is 1. The molecule has 2 unspecified atom stereocenters. The highest BCUT2D eigenvalue weighted by atomic mass is 35.5. The zero-order valence-corrected chi connectivity index (χ0v) is 9.65. The first-order chi connectivity index (χ1) is 7.16. The Balaban J connectivity index is 2.16. The van der Waals surface area contributed by atoms with E-state index in [1.165, 1.54) is 16.7 Å². The molecule has 0 amide bonds. The van der Waals surface area contributed by atoms with Crippen molar-refractivity contribution in [2.24, 2.45) is 0 Å². The summed E-state index contributed by atoms with van der Waals surface area (Å²) in [7, 11) is 0. The number of anilines is 1. The number of fused-ring (bicyclic) bond motifs is 5. The molecule has 78 valence electrons. The third-order valence-corrected chi connectivity index (χ3v) is 4.06. The van der Waals surface area contributed by atoms with Gasteiger partial charge in [0.2, 0.25) is 0 Å². The van der Waals surface area contributed by atoms with E-state index < -0.39 is 0 Å². The van der Waals surface area contributed by atoms with Crippen molar-refractivity contribution in [3.8, 4) is 0 Å². The van der Waals surface area contributed by atoms with E-state index in [-0.39, 0.29) is 0 Å². The number of hydrogen-bond acceptors (Lipinski definition) is 1. The summed E-state index contributed by atoms with van der Waals surface area (Å²) in [5, 5.41) is 0. The maximum atomic E-state index is 5.90. The normalized spacial score (nSPS) is 26.9. The number of benzene rings is 1. The van der Waals surface area contributed by atoms with Crippen molar-refractivity contribution < 1.29 is 0 Å². The smallest absolute Gasteiger partial charge is 0.106 e.